The Morgan fingerprint density at radius 3 is 2.26 bits per heavy atom. The van der Waals surface area contributed by atoms with E-state index < -0.39 is 23.6 Å². The minimum absolute atomic E-state index is 0.0275. The van der Waals surface area contributed by atoms with E-state index in [-0.39, 0.29) is 42.1 Å². The number of nitrogens with one attached hydrogen (secondary N) is 1. The second-order valence-corrected chi connectivity index (χ2v) is 16.7. The molecule has 1 unspecified atom stereocenters. The number of carbonyl (C=O) groups excluding carboxylic acids is 2. The molecule has 5 heterocycles. The number of methoxy groups -OCH3 is 2. The first-order valence-electron chi connectivity index (χ1n) is 20.1. The molecule has 0 spiro atoms. The second-order valence-electron chi connectivity index (χ2n) is 16.1. The Kier molecular flexibility index (Phi) is 12.1. The third-order valence-electron chi connectivity index (χ3n) is 10.8. The summed E-state index contributed by atoms with van der Waals surface area (Å²) < 4.78 is 42.8. The molecule has 1 fully saturated rings. The number of alkyl halides is 1. The SMILES string of the molecule is COc1ccc(CN(Cc2ccc(OC)cc2)c2c(F)c(-c3cnc4c(c3C)N(C(=O)OC(C)(C)C)CCO4)cc3nc(Nc4cnn(C5CCN(CI)C5=O)c4)ncc23)cc1. The number of pyridine rings is 1. The maximum absolute atomic E-state index is 18.0. The number of carbonyl (C=O) groups is 2. The van der Waals surface area contributed by atoms with E-state index in [1.54, 1.807) is 75.4 Å². The summed E-state index contributed by atoms with van der Waals surface area (Å²) in [6.07, 6.45) is 6.67. The monoisotopic (exact) mass is 955 g/mol. The molecule has 2 amide bonds. The third-order valence-corrected chi connectivity index (χ3v) is 11.6. The Morgan fingerprint density at radius 2 is 1.65 bits per heavy atom. The lowest BCUT2D eigenvalue weighted by molar-refractivity contribution is -0.129. The van der Waals surface area contributed by atoms with E-state index in [1.807, 2.05) is 60.4 Å². The number of fused-ring (bicyclic) bond motifs is 2. The Labute approximate surface area is 372 Å². The highest BCUT2D eigenvalue weighted by atomic mass is 127. The van der Waals surface area contributed by atoms with Crippen LogP contribution in [0.2, 0.25) is 0 Å². The topological polar surface area (TPSA) is 149 Å². The van der Waals surface area contributed by atoms with E-state index in [2.05, 4.69) is 43.0 Å². The smallest absolute Gasteiger partial charge is 0.415 e. The average Bonchev–Trinajstić information content (AvgIpc) is 3.88. The molecule has 3 aromatic heterocycles. The molecule has 15 nitrogen and oxygen atoms in total. The van der Waals surface area contributed by atoms with Crippen molar-refractivity contribution >= 4 is 68.5 Å². The summed E-state index contributed by atoms with van der Waals surface area (Å²) >= 11 is 2.19. The molecular formula is C45H47FIN9O6. The van der Waals surface area contributed by atoms with Gasteiger partial charge in [-0.05, 0) is 81.1 Å². The number of rotatable bonds is 12. The van der Waals surface area contributed by atoms with Crippen molar-refractivity contribution < 1.29 is 32.9 Å². The van der Waals surface area contributed by atoms with Crippen LogP contribution in [0, 0.1) is 12.7 Å². The molecule has 0 radical (unpaired) electrons. The van der Waals surface area contributed by atoms with Gasteiger partial charge in [0, 0.05) is 54.7 Å². The van der Waals surface area contributed by atoms with Gasteiger partial charge in [0.15, 0.2) is 5.82 Å². The van der Waals surface area contributed by atoms with Gasteiger partial charge in [-0.1, -0.05) is 46.9 Å². The number of likely N-dealkylation sites (tertiary alicyclic amines) is 1. The van der Waals surface area contributed by atoms with Gasteiger partial charge >= 0.3 is 6.09 Å². The predicted octanol–water partition coefficient (Wildman–Crippen LogP) is 8.60. The number of hydrogen-bond donors (Lipinski definition) is 1. The molecule has 2 aliphatic rings. The van der Waals surface area contributed by atoms with Crippen LogP contribution in [0.5, 0.6) is 17.4 Å². The largest absolute Gasteiger partial charge is 0.497 e. The van der Waals surface area contributed by atoms with Crippen LogP contribution >= 0.6 is 22.6 Å². The van der Waals surface area contributed by atoms with Crippen LogP contribution in [0.1, 0.15) is 49.9 Å². The van der Waals surface area contributed by atoms with Crippen molar-refractivity contribution in [3.8, 4) is 28.5 Å². The fourth-order valence-electron chi connectivity index (χ4n) is 7.71. The van der Waals surface area contributed by atoms with Crippen LogP contribution in [-0.4, -0.2) is 85.7 Å². The number of amides is 2. The van der Waals surface area contributed by atoms with Crippen LogP contribution in [-0.2, 0) is 22.6 Å². The maximum atomic E-state index is 18.0. The van der Waals surface area contributed by atoms with E-state index in [4.69, 9.17) is 23.9 Å². The van der Waals surface area contributed by atoms with E-state index in [0.29, 0.717) is 75.5 Å². The number of hydrogen-bond acceptors (Lipinski definition) is 12. The molecule has 6 aromatic rings. The van der Waals surface area contributed by atoms with Crippen molar-refractivity contribution in [2.24, 2.45) is 0 Å². The van der Waals surface area contributed by atoms with Crippen LogP contribution < -0.4 is 29.3 Å². The first kappa shape index (κ1) is 42.5. The molecule has 0 bridgehead atoms. The van der Waals surface area contributed by atoms with Crippen LogP contribution in [0.3, 0.4) is 0 Å². The normalized spacial score (nSPS) is 15.0. The van der Waals surface area contributed by atoms with Gasteiger partial charge in [-0.2, -0.15) is 5.10 Å². The summed E-state index contributed by atoms with van der Waals surface area (Å²) in [5.74, 6) is 1.39. The first-order chi connectivity index (χ1) is 29.8. The zero-order valence-corrected chi connectivity index (χ0v) is 37.5. The summed E-state index contributed by atoms with van der Waals surface area (Å²) in [5.41, 5.74) is 3.99. The van der Waals surface area contributed by atoms with Crippen molar-refractivity contribution in [3.05, 3.63) is 102 Å². The van der Waals surface area contributed by atoms with Crippen molar-refractivity contribution in [2.75, 3.05) is 53.6 Å². The zero-order chi connectivity index (χ0) is 43.7. The maximum Gasteiger partial charge on any atom is 0.415 e. The van der Waals surface area contributed by atoms with Crippen molar-refractivity contribution in [1.82, 2.24) is 29.6 Å². The molecule has 3 aromatic carbocycles. The number of halogens is 2. The number of benzene rings is 3. The molecule has 0 aliphatic carbocycles. The highest BCUT2D eigenvalue weighted by Crippen LogP contribution is 2.44. The minimum atomic E-state index is -0.751. The van der Waals surface area contributed by atoms with Gasteiger partial charge in [0.25, 0.3) is 0 Å². The Morgan fingerprint density at radius 1 is 0.968 bits per heavy atom. The first-order valence-corrected chi connectivity index (χ1v) is 21.7. The molecule has 8 rings (SSSR count). The second kappa shape index (κ2) is 17.6. The van der Waals surface area contributed by atoms with E-state index >= 15 is 4.39 Å². The average molecular weight is 956 g/mol. The van der Waals surface area contributed by atoms with Gasteiger partial charge in [-0.3, -0.25) is 14.4 Å². The van der Waals surface area contributed by atoms with E-state index in [1.165, 1.54) is 4.90 Å². The lowest BCUT2D eigenvalue weighted by atomic mass is 9.97. The lowest BCUT2D eigenvalue weighted by Crippen LogP contribution is -2.42. The summed E-state index contributed by atoms with van der Waals surface area (Å²) in [7, 11) is 3.22. The summed E-state index contributed by atoms with van der Waals surface area (Å²) in [6, 6.07) is 16.6. The number of anilines is 4. The molecule has 1 saturated heterocycles. The molecule has 322 valence electrons. The highest BCUT2D eigenvalue weighted by Gasteiger charge is 2.34. The zero-order valence-electron chi connectivity index (χ0n) is 35.3. The summed E-state index contributed by atoms with van der Waals surface area (Å²) in [4.78, 5) is 46.0. The number of aromatic nitrogens is 5. The Hall–Kier alpha value is -6.24. The summed E-state index contributed by atoms with van der Waals surface area (Å²) in [5, 5.41) is 8.19. The lowest BCUT2D eigenvalue weighted by Gasteiger charge is -2.33. The van der Waals surface area contributed by atoms with E-state index in [0.717, 1.165) is 11.1 Å². The Bertz CT molecular complexity index is 2570. The van der Waals surface area contributed by atoms with Gasteiger partial charge < -0.3 is 34.1 Å². The van der Waals surface area contributed by atoms with Crippen LogP contribution in [0.4, 0.5) is 32.2 Å². The van der Waals surface area contributed by atoms with E-state index in [9.17, 15) is 9.59 Å². The van der Waals surface area contributed by atoms with Gasteiger partial charge in [-0.25, -0.2) is 24.1 Å². The number of ether oxygens (including phenoxy) is 4. The Balaban J connectivity index is 1.27. The summed E-state index contributed by atoms with van der Waals surface area (Å²) in [6.45, 7) is 8.95. The molecular weight excluding hydrogens is 908 g/mol. The van der Waals surface area contributed by atoms with Crippen molar-refractivity contribution in [2.45, 2.75) is 58.8 Å². The molecule has 17 heteroatoms. The molecule has 0 saturated carbocycles. The molecule has 1 atom stereocenters. The van der Waals surface area contributed by atoms with Crippen molar-refractivity contribution in [1.29, 1.82) is 0 Å². The molecule has 2 aliphatic heterocycles. The molecule has 1 N–H and O–H groups in total. The van der Waals surface area contributed by atoms with Crippen molar-refractivity contribution in [3.63, 3.8) is 0 Å². The van der Waals surface area contributed by atoms with Gasteiger partial charge in [0.1, 0.15) is 35.4 Å². The predicted molar refractivity (Wildman–Crippen MR) is 242 cm³/mol. The number of nitrogens with zero attached hydrogens (tertiary/aromatic N) is 8. The van der Waals surface area contributed by atoms with Gasteiger partial charge in [0.05, 0.1) is 48.4 Å². The highest BCUT2D eigenvalue weighted by molar-refractivity contribution is 14.1. The molecule has 62 heavy (non-hydrogen) atoms. The van der Waals surface area contributed by atoms with Gasteiger partial charge in [0.2, 0.25) is 17.7 Å². The minimum Gasteiger partial charge on any atom is -0.497 e. The van der Waals surface area contributed by atoms with Crippen LogP contribution in [0.15, 0.2) is 79.4 Å². The van der Waals surface area contributed by atoms with Gasteiger partial charge in [-0.15, -0.1) is 0 Å². The third kappa shape index (κ3) is 8.75. The fourth-order valence-corrected chi connectivity index (χ4v) is 8.39. The standard InChI is InChI=1S/C45H47FIN9O6/c1-27-34(21-48-41-39(27)55(17-18-61-41)44(58)62-45(2,3)4)33-19-36-35(22-49-43(52-36)51-30-20-50-56(25-30)37-15-16-53(26-47)42(37)57)40(38(33)46)54(23-28-7-11-31(59-5)12-8-28)24-29-9-13-32(60-6)14-10-29/h7-14,19-22,25,37H,15-18,23-24,26H2,1-6H3,(H,49,51,52). The van der Waals surface area contributed by atoms with Crippen LogP contribution in [0.25, 0.3) is 22.0 Å². The quantitative estimate of drug-likeness (QED) is 0.0711. The fraction of sp³-hybridized carbons (Fsp3) is 0.333.